The van der Waals surface area contributed by atoms with Crippen molar-refractivity contribution in [3.05, 3.63) is 101 Å². The summed E-state index contributed by atoms with van der Waals surface area (Å²) in [5.41, 5.74) is 3.33. The summed E-state index contributed by atoms with van der Waals surface area (Å²) in [6.07, 6.45) is 1.11. The number of fused-ring (bicyclic) bond motifs is 1. The zero-order valence-corrected chi connectivity index (χ0v) is 24.3. The van der Waals surface area contributed by atoms with Crippen LogP contribution >= 0.6 is 0 Å². The van der Waals surface area contributed by atoms with Gasteiger partial charge in [0.15, 0.2) is 0 Å². The van der Waals surface area contributed by atoms with E-state index >= 15 is 0 Å². The molecule has 0 spiro atoms. The highest BCUT2D eigenvalue weighted by molar-refractivity contribution is 7.89. The van der Waals surface area contributed by atoms with Crippen molar-refractivity contribution < 1.29 is 18.3 Å². The molecule has 38 heavy (non-hydrogen) atoms. The number of rotatable bonds is 4. The molecule has 2 atom stereocenters. The van der Waals surface area contributed by atoms with Crippen LogP contribution < -0.4 is 4.74 Å². The zero-order valence-electron chi connectivity index (χ0n) is 23.4. The van der Waals surface area contributed by atoms with E-state index in [9.17, 15) is 13.5 Å². The van der Waals surface area contributed by atoms with Crippen LogP contribution in [0.25, 0.3) is 0 Å². The van der Waals surface area contributed by atoms with Crippen molar-refractivity contribution in [2.75, 3.05) is 6.54 Å². The van der Waals surface area contributed by atoms with Gasteiger partial charge in [-0.15, -0.1) is 0 Å². The van der Waals surface area contributed by atoms with Crippen LogP contribution in [0.3, 0.4) is 0 Å². The summed E-state index contributed by atoms with van der Waals surface area (Å²) >= 11 is 0. The molecule has 0 aromatic heterocycles. The number of phenolic OH excluding ortho intramolecular Hbond substituents is 1. The van der Waals surface area contributed by atoms with Crippen LogP contribution in [0.1, 0.15) is 75.4 Å². The predicted octanol–water partition coefficient (Wildman–Crippen LogP) is 7.02. The van der Waals surface area contributed by atoms with Gasteiger partial charge in [0.1, 0.15) is 17.6 Å². The molecular formula is C32H39NO4S. The fraction of sp³-hybridized carbons (Fsp3) is 0.375. The molecule has 202 valence electrons. The third-order valence-electron chi connectivity index (χ3n) is 7.09. The molecule has 3 aromatic carbocycles. The molecule has 1 N–H and O–H groups in total. The topological polar surface area (TPSA) is 66.8 Å². The lowest BCUT2D eigenvalue weighted by atomic mass is 9.77. The molecule has 0 unspecified atom stereocenters. The van der Waals surface area contributed by atoms with Crippen LogP contribution in [-0.4, -0.2) is 30.5 Å². The van der Waals surface area contributed by atoms with Crippen molar-refractivity contribution in [2.24, 2.45) is 0 Å². The van der Waals surface area contributed by atoms with E-state index in [1.54, 1.807) is 18.2 Å². The highest BCUT2D eigenvalue weighted by Crippen LogP contribution is 2.46. The number of phenols is 1. The van der Waals surface area contributed by atoms with Gasteiger partial charge in [-0.2, -0.15) is 4.31 Å². The van der Waals surface area contributed by atoms with E-state index in [4.69, 9.17) is 4.74 Å². The first-order valence-electron chi connectivity index (χ1n) is 13.0. The van der Waals surface area contributed by atoms with Crippen molar-refractivity contribution in [3.63, 3.8) is 0 Å². The Morgan fingerprint density at radius 1 is 0.947 bits per heavy atom. The maximum absolute atomic E-state index is 14.3. The number of ether oxygens (including phenoxy) is 1. The van der Waals surface area contributed by atoms with Crippen LogP contribution in [0.15, 0.2) is 78.2 Å². The fourth-order valence-corrected chi connectivity index (χ4v) is 6.57. The summed E-state index contributed by atoms with van der Waals surface area (Å²) in [6, 6.07) is 17.7. The maximum atomic E-state index is 14.3. The number of aromatic hydroxyl groups is 1. The van der Waals surface area contributed by atoms with Gasteiger partial charge in [-0.05, 0) is 64.8 Å². The standard InChI is InChI=1S/C32H39NO4S/c1-9-23-20-33(38(35,36)24-16-14-21(2)15-17-24)29(25-12-10-11-13-28(25)37-23)22-18-26(31(3,4)5)30(34)27(19-22)32(6,7)8/h9-19,23,29,34H,1,20H2,2-8H3/t23-,29-/m1/s1. The molecule has 0 saturated carbocycles. The number of benzene rings is 3. The van der Waals surface area contributed by atoms with Crippen LogP contribution in [0, 0.1) is 6.92 Å². The molecule has 1 aliphatic rings. The summed E-state index contributed by atoms with van der Waals surface area (Å²) in [4.78, 5) is 0.223. The first kappa shape index (κ1) is 27.9. The second-order valence-corrected chi connectivity index (χ2v) is 14.1. The van der Waals surface area contributed by atoms with Gasteiger partial charge in [-0.3, -0.25) is 0 Å². The third kappa shape index (κ3) is 5.25. The summed E-state index contributed by atoms with van der Waals surface area (Å²) in [5, 5.41) is 11.4. The molecule has 0 amide bonds. The second-order valence-electron chi connectivity index (χ2n) is 12.2. The minimum atomic E-state index is -3.95. The second kappa shape index (κ2) is 9.90. The molecule has 0 saturated heterocycles. The lowest BCUT2D eigenvalue weighted by Gasteiger charge is -2.34. The fourth-order valence-electron chi connectivity index (χ4n) is 4.96. The van der Waals surface area contributed by atoms with Crippen molar-refractivity contribution >= 4 is 10.0 Å². The molecule has 0 aliphatic carbocycles. The SMILES string of the molecule is C=C[C@@H]1CN(S(=O)(=O)c2ccc(C)cc2)[C@H](c2cc(C(C)(C)C)c(O)c(C(C)(C)C)c2)c2ccccc2O1. The van der Waals surface area contributed by atoms with Crippen LogP contribution in [0.5, 0.6) is 11.5 Å². The quantitative estimate of drug-likeness (QED) is 0.366. The Labute approximate surface area is 227 Å². The van der Waals surface area contributed by atoms with Crippen LogP contribution in [-0.2, 0) is 20.9 Å². The maximum Gasteiger partial charge on any atom is 0.244 e. The first-order chi connectivity index (χ1) is 17.6. The van der Waals surface area contributed by atoms with Gasteiger partial charge in [-0.25, -0.2) is 8.42 Å². The molecule has 3 aromatic rings. The van der Waals surface area contributed by atoms with Crippen LogP contribution in [0.4, 0.5) is 0 Å². The Kier molecular flexibility index (Phi) is 7.28. The van der Waals surface area contributed by atoms with Gasteiger partial charge in [0.2, 0.25) is 10.0 Å². The van der Waals surface area contributed by atoms with Gasteiger partial charge >= 0.3 is 0 Å². The molecule has 5 nitrogen and oxygen atoms in total. The Morgan fingerprint density at radius 3 is 2.03 bits per heavy atom. The molecule has 6 heteroatoms. The minimum absolute atomic E-state index is 0.0929. The molecule has 1 aliphatic heterocycles. The van der Waals surface area contributed by atoms with Gasteiger partial charge in [0.05, 0.1) is 17.5 Å². The van der Waals surface area contributed by atoms with E-state index in [1.807, 2.05) is 55.5 Å². The summed E-state index contributed by atoms with van der Waals surface area (Å²) in [7, 11) is -3.95. The summed E-state index contributed by atoms with van der Waals surface area (Å²) in [6.45, 7) is 18.3. The van der Waals surface area contributed by atoms with Crippen molar-refractivity contribution in [1.29, 1.82) is 0 Å². The Hall–Kier alpha value is -3.09. The molecule has 0 bridgehead atoms. The summed E-state index contributed by atoms with van der Waals surface area (Å²) in [5.74, 6) is 0.871. The Morgan fingerprint density at radius 2 is 1.50 bits per heavy atom. The minimum Gasteiger partial charge on any atom is -0.507 e. The van der Waals surface area contributed by atoms with Crippen LogP contribution in [0.2, 0.25) is 0 Å². The van der Waals surface area contributed by atoms with Gasteiger partial charge < -0.3 is 9.84 Å². The summed E-state index contributed by atoms with van der Waals surface area (Å²) < 4.78 is 36.5. The van der Waals surface area contributed by atoms with E-state index in [1.165, 1.54) is 4.31 Å². The smallest absolute Gasteiger partial charge is 0.244 e. The number of para-hydroxylation sites is 1. The van der Waals surface area contributed by atoms with E-state index in [2.05, 4.69) is 48.1 Å². The first-order valence-corrected chi connectivity index (χ1v) is 14.4. The average Bonchev–Trinajstić information content (AvgIpc) is 3.00. The van der Waals surface area contributed by atoms with E-state index in [0.29, 0.717) is 5.75 Å². The molecular weight excluding hydrogens is 494 g/mol. The van der Waals surface area contributed by atoms with Gasteiger partial charge in [0.25, 0.3) is 0 Å². The van der Waals surface area contributed by atoms with Crippen molar-refractivity contribution in [2.45, 2.75) is 76.3 Å². The number of sulfonamides is 1. The van der Waals surface area contributed by atoms with E-state index in [0.717, 1.165) is 27.8 Å². The average molecular weight is 534 g/mol. The lowest BCUT2D eigenvalue weighted by Crippen LogP contribution is -2.40. The monoisotopic (exact) mass is 533 g/mol. The van der Waals surface area contributed by atoms with Crippen molar-refractivity contribution in [1.82, 2.24) is 4.31 Å². The van der Waals surface area contributed by atoms with Crippen molar-refractivity contribution in [3.8, 4) is 11.5 Å². The van der Waals surface area contributed by atoms with E-state index in [-0.39, 0.29) is 28.0 Å². The Balaban J connectivity index is 2.07. The largest absolute Gasteiger partial charge is 0.507 e. The Bertz CT molecular complexity index is 1410. The third-order valence-corrected chi connectivity index (χ3v) is 8.94. The lowest BCUT2D eigenvalue weighted by molar-refractivity contribution is 0.221. The van der Waals surface area contributed by atoms with Gasteiger partial charge in [-0.1, -0.05) is 90.1 Å². The predicted molar refractivity (Wildman–Crippen MR) is 153 cm³/mol. The molecule has 0 radical (unpaired) electrons. The van der Waals surface area contributed by atoms with Gasteiger partial charge in [0, 0.05) is 5.56 Å². The number of hydrogen-bond acceptors (Lipinski definition) is 4. The number of aryl methyl sites for hydroxylation is 1. The molecule has 4 rings (SSSR count). The molecule has 1 heterocycles. The normalized spacial score (nSPS) is 18.8. The van der Waals surface area contributed by atoms with E-state index < -0.39 is 22.2 Å². The zero-order chi connectivity index (χ0) is 28.0. The molecule has 0 fully saturated rings. The highest BCUT2D eigenvalue weighted by Gasteiger charge is 2.40. The highest BCUT2D eigenvalue weighted by atomic mass is 32.2. The number of hydrogen-bond donors (Lipinski definition) is 1. The number of nitrogens with zero attached hydrogens (tertiary/aromatic N) is 1.